The Hall–Kier alpha value is -2.75. The summed E-state index contributed by atoms with van der Waals surface area (Å²) in [5, 5.41) is 8.09. The first kappa shape index (κ1) is 23.4. The number of thiophene rings is 1. The molecule has 0 radical (unpaired) electrons. The van der Waals surface area contributed by atoms with Crippen LogP contribution in [-0.4, -0.2) is 36.8 Å². The first-order valence-corrected chi connectivity index (χ1v) is 13.2. The lowest BCUT2D eigenvalue weighted by Gasteiger charge is -2.22. The van der Waals surface area contributed by atoms with E-state index in [-0.39, 0.29) is 18.1 Å². The normalized spacial score (nSPS) is 16.0. The van der Waals surface area contributed by atoms with Crippen LogP contribution < -0.4 is 4.72 Å². The number of halogens is 2. The lowest BCUT2D eigenvalue weighted by molar-refractivity contribution is 0.0716. The van der Waals surface area contributed by atoms with Gasteiger partial charge in [-0.05, 0) is 54.6 Å². The van der Waals surface area contributed by atoms with Crippen LogP contribution in [-0.2, 0) is 16.4 Å². The lowest BCUT2D eigenvalue weighted by atomic mass is 9.98. The molecule has 0 fully saturated rings. The van der Waals surface area contributed by atoms with Gasteiger partial charge in [0.15, 0.2) is 0 Å². The van der Waals surface area contributed by atoms with Crippen molar-refractivity contribution in [1.82, 2.24) is 5.01 Å². The standard InChI is InChI=1S/C23H21ClFN3O3S2/c1-2-33(30,31)27-16-10-8-15(9-11-16)21-14-17(13-18-19(24)5-3-6-20(18)25)28(26-21)23(29)22-7-4-12-32-22/h3-12,17,27H,2,13-14H2,1H3. The molecular formula is C23H21ClFN3O3S2. The number of nitrogens with one attached hydrogen (secondary N) is 1. The average molecular weight is 506 g/mol. The average Bonchev–Trinajstić information content (AvgIpc) is 3.47. The van der Waals surface area contributed by atoms with Gasteiger partial charge in [0.25, 0.3) is 5.91 Å². The van der Waals surface area contributed by atoms with E-state index < -0.39 is 21.9 Å². The Morgan fingerprint density at radius 2 is 1.97 bits per heavy atom. The molecule has 1 atom stereocenters. The van der Waals surface area contributed by atoms with Crippen molar-refractivity contribution in [2.24, 2.45) is 5.10 Å². The van der Waals surface area contributed by atoms with Crippen LogP contribution in [0.2, 0.25) is 5.02 Å². The molecule has 10 heteroatoms. The fraction of sp³-hybridized carbons (Fsp3) is 0.217. The van der Waals surface area contributed by atoms with Crippen molar-refractivity contribution in [2.45, 2.75) is 25.8 Å². The number of nitrogens with zero attached hydrogens (tertiary/aromatic N) is 2. The Kier molecular flexibility index (Phi) is 6.83. The summed E-state index contributed by atoms with van der Waals surface area (Å²) in [6.45, 7) is 1.56. The van der Waals surface area contributed by atoms with Gasteiger partial charge in [0.1, 0.15) is 5.82 Å². The number of amides is 1. The van der Waals surface area contributed by atoms with E-state index in [1.165, 1.54) is 22.4 Å². The molecule has 1 unspecified atom stereocenters. The number of hydrogen-bond donors (Lipinski definition) is 1. The highest BCUT2D eigenvalue weighted by Gasteiger charge is 2.34. The van der Waals surface area contributed by atoms with Gasteiger partial charge in [0.05, 0.1) is 22.4 Å². The number of anilines is 1. The Balaban J connectivity index is 1.62. The third kappa shape index (κ3) is 5.26. The van der Waals surface area contributed by atoms with Crippen LogP contribution in [0.25, 0.3) is 0 Å². The zero-order valence-corrected chi connectivity index (χ0v) is 20.1. The van der Waals surface area contributed by atoms with E-state index in [0.717, 1.165) is 5.56 Å². The van der Waals surface area contributed by atoms with Gasteiger partial charge < -0.3 is 0 Å². The first-order chi connectivity index (χ1) is 15.8. The number of hydrogen-bond acceptors (Lipinski definition) is 5. The Morgan fingerprint density at radius 1 is 1.21 bits per heavy atom. The van der Waals surface area contributed by atoms with Crippen LogP contribution in [0.15, 0.2) is 65.1 Å². The van der Waals surface area contributed by atoms with Gasteiger partial charge >= 0.3 is 0 Å². The number of rotatable bonds is 7. The summed E-state index contributed by atoms with van der Waals surface area (Å²) in [5.41, 5.74) is 2.19. The van der Waals surface area contributed by atoms with Gasteiger partial charge in [-0.3, -0.25) is 9.52 Å². The molecule has 1 amide bonds. The molecule has 0 saturated carbocycles. The van der Waals surface area contributed by atoms with Crippen molar-refractivity contribution in [3.05, 3.63) is 86.8 Å². The predicted molar refractivity (Wildman–Crippen MR) is 130 cm³/mol. The molecule has 172 valence electrons. The third-order valence-electron chi connectivity index (χ3n) is 5.32. The number of carbonyl (C=O) groups excluding carboxylic acids is 1. The molecule has 6 nitrogen and oxygen atoms in total. The summed E-state index contributed by atoms with van der Waals surface area (Å²) in [6.07, 6.45) is 0.617. The summed E-state index contributed by atoms with van der Waals surface area (Å²) in [5.74, 6) is -0.710. The molecule has 4 rings (SSSR count). The smallest absolute Gasteiger partial charge is 0.284 e. The minimum Gasteiger partial charge on any atom is -0.284 e. The van der Waals surface area contributed by atoms with Crippen molar-refractivity contribution in [1.29, 1.82) is 0 Å². The van der Waals surface area contributed by atoms with Gasteiger partial charge in [0, 0.05) is 22.7 Å². The van der Waals surface area contributed by atoms with Gasteiger partial charge in [-0.15, -0.1) is 11.3 Å². The fourth-order valence-electron chi connectivity index (χ4n) is 3.57. The van der Waals surface area contributed by atoms with Crippen LogP contribution in [0.1, 0.15) is 34.1 Å². The third-order valence-corrected chi connectivity index (χ3v) is 7.84. The van der Waals surface area contributed by atoms with Crippen molar-refractivity contribution >= 4 is 50.3 Å². The number of carbonyl (C=O) groups is 1. The van der Waals surface area contributed by atoms with Crippen LogP contribution in [0.5, 0.6) is 0 Å². The summed E-state index contributed by atoms with van der Waals surface area (Å²) < 4.78 is 40.5. The summed E-state index contributed by atoms with van der Waals surface area (Å²) in [4.78, 5) is 13.7. The maximum absolute atomic E-state index is 14.5. The molecule has 3 aromatic rings. The second-order valence-corrected chi connectivity index (χ2v) is 10.9. The van der Waals surface area contributed by atoms with E-state index in [1.54, 1.807) is 55.5 Å². The molecule has 1 aliphatic heterocycles. The number of benzene rings is 2. The van der Waals surface area contributed by atoms with E-state index in [4.69, 9.17) is 11.6 Å². The van der Waals surface area contributed by atoms with Gasteiger partial charge in [-0.1, -0.05) is 35.9 Å². The summed E-state index contributed by atoms with van der Waals surface area (Å²) in [6, 6.07) is 14.4. The summed E-state index contributed by atoms with van der Waals surface area (Å²) >= 11 is 7.55. The second-order valence-electron chi connectivity index (χ2n) is 7.52. The molecule has 1 aliphatic rings. The zero-order valence-electron chi connectivity index (χ0n) is 17.7. The maximum Gasteiger partial charge on any atom is 0.284 e. The van der Waals surface area contributed by atoms with Crippen molar-refractivity contribution in [3.8, 4) is 0 Å². The van der Waals surface area contributed by atoms with Crippen molar-refractivity contribution < 1.29 is 17.6 Å². The largest absolute Gasteiger partial charge is 0.284 e. The topological polar surface area (TPSA) is 78.8 Å². The monoisotopic (exact) mass is 505 g/mol. The van der Waals surface area contributed by atoms with E-state index in [0.29, 0.717) is 33.3 Å². The highest BCUT2D eigenvalue weighted by Crippen LogP contribution is 2.30. The molecule has 0 spiro atoms. The molecule has 0 bridgehead atoms. The summed E-state index contributed by atoms with van der Waals surface area (Å²) in [7, 11) is -3.38. The maximum atomic E-state index is 14.5. The van der Waals surface area contributed by atoms with E-state index in [1.807, 2.05) is 5.38 Å². The molecule has 1 aromatic heterocycles. The minimum absolute atomic E-state index is 0.0263. The van der Waals surface area contributed by atoms with E-state index >= 15 is 0 Å². The number of sulfonamides is 1. The number of hydrazone groups is 1. The molecule has 2 heterocycles. The van der Waals surface area contributed by atoms with Gasteiger partial charge in [-0.25, -0.2) is 17.8 Å². The molecule has 1 N–H and O–H groups in total. The van der Waals surface area contributed by atoms with Crippen LogP contribution in [0.3, 0.4) is 0 Å². The minimum atomic E-state index is -3.38. The van der Waals surface area contributed by atoms with E-state index in [2.05, 4.69) is 9.82 Å². The molecule has 0 aliphatic carbocycles. The first-order valence-electron chi connectivity index (χ1n) is 10.3. The molecule has 0 saturated heterocycles. The van der Waals surface area contributed by atoms with Crippen molar-refractivity contribution in [3.63, 3.8) is 0 Å². The molecule has 33 heavy (non-hydrogen) atoms. The molecular weight excluding hydrogens is 485 g/mol. The Morgan fingerprint density at radius 3 is 2.61 bits per heavy atom. The Bertz CT molecular complexity index is 1270. The predicted octanol–water partition coefficient (Wildman–Crippen LogP) is 5.16. The van der Waals surface area contributed by atoms with Crippen molar-refractivity contribution in [2.75, 3.05) is 10.5 Å². The lowest BCUT2D eigenvalue weighted by Crippen LogP contribution is -2.34. The Labute approximate surface area is 200 Å². The van der Waals surface area contributed by atoms with Crippen LogP contribution in [0.4, 0.5) is 10.1 Å². The van der Waals surface area contributed by atoms with Gasteiger partial charge in [0.2, 0.25) is 10.0 Å². The highest BCUT2D eigenvalue weighted by molar-refractivity contribution is 7.92. The van der Waals surface area contributed by atoms with Crippen LogP contribution >= 0.6 is 22.9 Å². The van der Waals surface area contributed by atoms with Crippen LogP contribution in [0, 0.1) is 5.82 Å². The SMILES string of the molecule is CCS(=O)(=O)Nc1ccc(C2=NN(C(=O)c3cccs3)C(Cc3c(F)cccc3Cl)C2)cc1. The zero-order chi connectivity index (χ0) is 23.6. The van der Waals surface area contributed by atoms with Gasteiger partial charge in [-0.2, -0.15) is 5.10 Å². The second kappa shape index (κ2) is 9.62. The van der Waals surface area contributed by atoms with E-state index in [9.17, 15) is 17.6 Å². The highest BCUT2D eigenvalue weighted by atomic mass is 35.5. The molecule has 2 aromatic carbocycles. The quantitative estimate of drug-likeness (QED) is 0.481. The fourth-order valence-corrected chi connectivity index (χ4v) is 5.10.